The smallest absolute Gasteiger partial charge is 0.323 e. The Morgan fingerprint density at radius 3 is 2.85 bits per heavy atom. The lowest BCUT2D eigenvalue weighted by Gasteiger charge is -2.47. The molecule has 0 bridgehead atoms. The molecule has 7 heterocycles. The molecule has 216 valence electrons. The van der Waals surface area contributed by atoms with Crippen LogP contribution in [0.5, 0.6) is 6.01 Å². The predicted octanol–water partition coefficient (Wildman–Crippen LogP) is 2.94. The number of hydrogen-bond donors (Lipinski definition) is 2. The number of anilines is 4. The summed E-state index contributed by atoms with van der Waals surface area (Å²) in [4.78, 5) is 21.6. The summed E-state index contributed by atoms with van der Waals surface area (Å²) in [5.74, 6) is 2.13. The van der Waals surface area contributed by atoms with Crippen LogP contribution in [0.25, 0.3) is 0 Å². The van der Waals surface area contributed by atoms with Gasteiger partial charge in [-0.25, -0.2) is 4.39 Å². The predicted molar refractivity (Wildman–Crippen MR) is 158 cm³/mol. The van der Waals surface area contributed by atoms with E-state index < -0.39 is 6.17 Å². The summed E-state index contributed by atoms with van der Waals surface area (Å²) in [5, 5.41) is 10.4. The van der Waals surface area contributed by atoms with E-state index in [1.807, 2.05) is 30.6 Å². The summed E-state index contributed by atoms with van der Waals surface area (Å²) in [6.45, 7) is 4.90. The quantitative estimate of drug-likeness (QED) is 0.400. The molecule has 3 aromatic heterocycles. The lowest BCUT2D eigenvalue weighted by Crippen LogP contribution is -2.57. The Hall–Kier alpha value is -3.00. The number of halogens is 1. The fraction of sp³-hybridized carbons (Fsp3) is 0.600. The number of nitrogen functional groups attached to an aromatic ring is 2. The van der Waals surface area contributed by atoms with Gasteiger partial charge in [0.1, 0.15) is 29.5 Å². The number of fused-ring (bicyclic) bond motifs is 3. The van der Waals surface area contributed by atoms with Crippen LogP contribution in [-0.4, -0.2) is 80.1 Å². The van der Waals surface area contributed by atoms with Gasteiger partial charge in [0, 0.05) is 49.3 Å². The maximum atomic E-state index is 14.4. The highest BCUT2D eigenvalue weighted by Gasteiger charge is 2.53. The zero-order valence-corrected chi connectivity index (χ0v) is 25.2. The molecular weight excluding hydrogens is 586 g/mol. The van der Waals surface area contributed by atoms with Crippen LogP contribution >= 0.6 is 34.8 Å². The number of nitrogens with two attached hydrogens (primary N) is 2. The van der Waals surface area contributed by atoms with Crippen molar-refractivity contribution in [1.29, 1.82) is 5.26 Å². The number of hydrogen-bond acceptors (Lipinski definition) is 15. The number of thiophene rings is 1. The number of alkyl halides is 1. The summed E-state index contributed by atoms with van der Waals surface area (Å²) in [6, 6.07) is 2.27. The van der Waals surface area contributed by atoms with E-state index in [0.717, 1.165) is 42.4 Å². The third kappa shape index (κ3) is 4.27. The largest absolute Gasteiger partial charge is 0.461 e. The standard InChI is InChI=1S/C25H30FN11OS3/c1-13(18-19(28)34-41-33-18)35(2)21-30-22(32-23(31-21)38-12-24-4-3-5-37(24)8-14(26)6-24)36-10-25(11-36)17-15(7-27)20(29)40-16(17)9-39-25/h13-14H,3-6,8-12,29H2,1-2H3,(H2,28,34)/t13?,14-,24+/m1/s1. The third-order valence-corrected chi connectivity index (χ3v) is 12.1. The van der Waals surface area contributed by atoms with Crippen molar-refractivity contribution >= 4 is 57.5 Å². The molecule has 16 heteroatoms. The summed E-state index contributed by atoms with van der Waals surface area (Å²) in [7, 11) is 1.87. The monoisotopic (exact) mass is 615 g/mol. The molecule has 4 aliphatic rings. The van der Waals surface area contributed by atoms with Crippen molar-refractivity contribution in [3.63, 3.8) is 0 Å². The van der Waals surface area contributed by atoms with Gasteiger partial charge < -0.3 is 26.0 Å². The Balaban J connectivity index is 1.18. The molecule has 41 heavy (non-hydrogen) atoms. The third-order valence-electron chi connectivity index (χ3n) is 8.89. The van der Waals surface area contributed by atoms with E-state index in [1.165, 1.54) is 16.2 Å². The first-order chi connectivity index (χ1) is 19.7. The second-order valence-corrected chi connectivity index (χ2v) is 14.3. The topological polar surface area (TPSA) is 159 Å². The summed E-state index contributed by atoms with van der Waals surface area (Å²) in [6.07, 6.45) is 1.54. The lowest BCUT2D eigenvalue weighted by molar-refractivity contribution is 0.107. The average Bonchev–Trinajstić information content (AvgIpc) is 3.72. The van der Waals surface area contributed by atoms with E-state index in [-0.39, 0.29) is 22.3 Å². The van der Waals surface area contributed by atoms with E-state index in [4.69, 9.17) is 26.2 Å². The molecule has 0 radical (unpaired) electrons. The Bertz CT molecular complexity index is 1540. The number of rotatable bonds is 7. The van der Waals surface area contributed by atoms with Crippen molar-refractivity contribution in [1.82, 2.24) is 28.6 Å². The number of ether oxygens (including phenoxy) is 1. The van der Waals surface area contributed by atoms with Gasteiger partial charge in [-0.05, 0) is 26.3 Å². The molecular formula is C25H30FN11OS3. The highest BCUT2D eigenvalue weighted by Crippen LogP contribution is 2.57. The molecule has 12 nitrogen and oxygen atoms in total. The zero-order valence-electron chi connectivity index (χ0n) is 22.7. The van der Waals surface area contributed by atoms with Crippen LogP contribution in [0.3, 0.4) is 0 Å². The highest BCUT2D eigenvalue weighted by molar-refractivity contribution is 8.00. The highest BCUT2D eigenvalue weighted by atomic mass is 32.2. The van der Waals surface area contributed by atoms with E-state index >= 15 is 0 Å². The van der Waals surface area contributed by atoms with Crippen molar-refractivity contribution in [2.24, 2.45) is 0 Å². The minimum Gasteiger partial charge on any atom is -0.461 e. The van der Waals surface area contributed by atoms with Crippen molar-refractivity contribution in [2.45, 2.75) is 54.4 Å². The van der Waals surface area contributed by atoms with Crippen molar-refractivity contribution in [3.8, 4) is 12.1 Å². The van der Waals surface area contributed by atoms with Crippen molar-refractivity contribution < 1.29 is 9.13 Å². The van der Waals surface area contributed by atoms with Crippen LogP contribution in [-0.2, 0) is 10.5 Å². The van der Waals surface area contributed by atoms with Gasteiger partial charge in [0.15, 0.2) is 5.82 Å². The van der Waals surface area contributed by atoms with Gasteiger partial charge in [-0.1, -0.05) is 0 Å². The molecule has 3 saturated heterocycles. The van der Waals surface area contributed by atoms with Gasteiger partial charge in [0.05, 0.1) is 33.6 Å². The minimum absolute atomic E-state index is 0.204. The van der Waals surface area contributed by atoms with Gasteiger partial charge >= 0.3 is 6.01 Å². The van der Waals surface area contributed by atoms with Gasteiger partial charge in [-0.2, -0.15) is 29.0 Å². The van der Waals surface area contributed by atoms with Gasteiger partial charge in [0.25, 0.3) is 0 Å². The molecule has 0 saturated carbocycles. The second-order valence-electron chi connectivity index (χ2n) is 11.3. The van der Waals surface area contributed by atoms with Crippen LogP contribution in [0.1, 0.15) is 53.9 Å². The van der Waals surface area contributed by atoms with Crippen molar-refractivity contribution in [3.05, 3.63) is 21.7 Å². The maximum absolute atomic E-state index is 14.4. The van der Waals surface area contributed by atoms with Gasteiger partial charge in [-0.3, -0.25) is 4.90 Å². The number of thioether (sulfide) groups is 1. The Morgan fingerprint density at radius 1 is 1.27 bits per heavy atom. The van der Waals surface area contributed by atoms with E-state index in [2.05, 4.69) is 29.6 Å². The average molecular weight is 616 g/mol. The molecule has 0 amide bonds. The molecule has 0 aliphatic carbocycles. The Labute approximate surface area is 249 Å². The van der Waals surface area contributed by atoms with Crippen LogP contribution in [0.4, 0.5) is 27.1 Å². The Morgan fingerprint density at radius 2 is 2.10 bits per heavy atom. The number of nitriles is 1. The molecule has 1 spiro atoms. The van der Waals surface area contributed by atoms with E-state index in [9.17, 15) is 9.65 Å². The van der Waals surface area contributed by atoms with Crippen LogP contribution < -0.4 is 26.0 Å². The second kappa shape index (κ2) is 9.79. The van der Waals surface area contributed by atoms with Gasteiger partial charge in [-0.15, -0.1) is 23.1 Å². The SMILES string of the molecule is CC(c1nsnc1N)N(C)c1nc(OC[C@@]23CCCN2C[C@H](F)C3)nc(N2CC3(C2)SCc2sc(N)c(C#N)c23)n1. The molecule has 3 atom stereocenters. The first-order valence-electron chi connectivity index (χ1n) is 13.5. The fourth-order valence-corrected chi connectivity index (χ4v) is 9.99. The molecule has 4 aliphatic heterocycles. The molecule has 0 aromatic carbocycles. The first kappa shape index (κ1) is 26.9. The Kier molecular flexibility index (Phi) is 6.41. The fourth-order valence-electron chi connectivity index (χ4n) is 6.62. The van der Waals surface area contributed by atoms with Crippen molar-refractivity contribution in [2.75, 3.05) is 61.1 Å². The van der Waals surface area contributed by atoms with Gasteiger partial charge in [0.2, 0.25) is 11.9 Å². The van der Waals surface area contributed by atoms with E-state index in [1.54, 1.807) is 0 Å². The molecule has 3 aromatic rings. The lowest BCUT2D eigenvalue weighted by atomic mass is 9.88. The molecule has 3 fully saturated rings. The molecule has 7 rings (SSSR count). The number of aromatic nitrogens is 5. The van der Waals surface area contributed by atoms with Crippen LogP contribution in [0.15, 0.2) is 0 Å². The first-order valence-corrected chi connectivity index (χ1v) is 16.0. The summed E-state index contributed by atoms with van der Waals surface area (Å²) >= 11 is 4.42. The normalized spacial score (nSPS) is 25.1. The summed E-state index contributed by atoms with van der Waals surface area (Å²) in [5.41, 5.74) is 14.2. The zero-order chi connectivity index (χ0) is 28.5. The van der Waals surface area contributed by atoms with E-state index in [0.29, 0.717) is 66.6 Å². The maximum Gasteiger partial charge on any atom is 0.323 e. The van der Waals surface area contributed by atoms with Crippen LogP contribution in [0, 0.1) is 11.3 Å². The molecule has 1 unspecified atom stereocenters. The minimum atomic E-state index is -0.844. The molecule has 4 N–H and O–H groups in total. The summed E-state index contributed by atoms with van der Waals surface area (Å²) < 4.78 is 28.9. The number of nitrogens with zero attached hydrogens (tertiary/aromatic N) is 9. The van der Waals surface area contributed by atoms with Crippen LogP contribution in [0.2, 0.25) is 0 Å².